The van der Waals surface area contributed by atoms with Crippen molar-refractivity contribution in [3.8, 4) is 6.07 Å². The van der Waals surface area contributed by atoms with Crippen LogP contribution in [0.1, 0.15) is 30.9 Å². The average Bonchev–Trinajstić information content (AvgIpc) is 2.44. The first kappa shape index (κ1) is 15.0. The number of nitrogens with one attached hydrogen (secondary N) is 1. The van der Waals surface area contributed by atoms with E-state index >= 15 is 0 Å². The van der Waals surface area contributed by atoms with Crippen LogP contribution in [0.5, 0.6) is 0 Å². The third kappa shape index (κ3) is 3.78. The largest absolute Gasteiger partial charge is 0.312 e. The summed E-state index contributed by atoms with van der Waals surface area (Å²) in [6, 6.07) is 6.61. The molecular formula is C16H22FN3. The summed E-state index contributed by atoms with van der Waals surface area (Å²) in [5, 5.41) is 12.3. The lowest BCUT2D eigenvalue weighted by Crippen LogP contribution is -2.41. The summed E-state index contributed by atoms with van der Waals surface area (Å²) < 4.78 is 13.2. The van der Waals surface area contributed by atoms with Crippen LogP contribution < -0.4 is 5.32 Å². The second-order valence-electron chi connectivity index (χ2n) is 6.14. The second-order valence-corrected chi connectivity index (χ2v) is 6.14. The Hall–Kier alpha value is -1.44. The summed E-state index contributed by atoms with van der Waals surface area (Å²) >= 11 is 0. The van der Waals surface area contributed by atoms with E-state index in [1.807, 2.05) is 6.07 Å². The molecule has 1 aliphatic heterocycles. The minimum Gasteiger partial charge on any atom is -0.312 e. The van der Waals surface area contributed by atoms with Crippen LogP contribution in [0.4, 0.5) is 4.39 Å². The standard InChI is InChI=1S/C16H22FN3/c1-16(5-7-20(2)8-6-16)12-19-11-13-3-4-15(17)14(9-13)10-18/h3-4,9,19H,5-8,11-12H2,1-2H3. The van der Waals surface area contributed by atoms with E-state index in [1.165, 1.54) is 18.9 Å². The number of hydrogen-bond donors (Lipinski definition) is 1. The Kier molecular flexibility index (Phi) is 4.74. The van der Waals surface area contributed by atoms with Crippen molar-refractivity contribution in [3.63, 3.8) is 0 Å². The maximum Gasteiger partial charge on any atom is 0.140 e. The molecule has 1 saturated heterocycles. The maximum atomic E-state index is 13.2. The molecule has 0 amide bonds. The van der Waals surface area contributed by atoms with Gasteiger partial charge in [0, 0.05) is 13.1 Å². The zero-order valence-corrected chi connectivity index (χ0v) is 12.2. The molecule has 0 atom stereocenters. The van der Waals surface area contributed by atoms with Crippen LogP contribution in [0, 0.1) is 22.6 Å². The Morgan fingerprint density at radius 3 is 2.75 bits per heavy atom. The van der Waals surface area contributed by atoms with E-state index in [1.54, 1.807) is 12.1 Å². The van der Waals surface area contributed by atoms with Crippen molar-refractivity contribution >= 4 is 0 Å². The number of nitrogens with zero attached hydrogens (tertiary/aromatic N) is 2. The van der Waals surface area contributed by atoms with Gasteiger partial charge in [0.05, 0.1) is 5.56 Å². The van der Waals surface area contributed by atoms with Gasteiger partial charge in [-0.3, -0.25) is 0 Å². The maximum absolute atomic E-state index is 13.2. The summed E-state index contributed by atoms with van der Waals surface area (Å²) in [5.41, 5.74) is 1.42. The highest BCUT2D eigenvalue weighted by atomic mass is 19.1. The average molecular weight is 275 g/mol. The van der Waals surface area contributed by atoms with Gasteiger partial charge in [0.15, 0.2) is 0 Å². The molecule has 0 radical (unpaired) electrons. The molecule has 1 aliphatic rings. The molecular weight excluding hydrogens is 253 g/mol. The molecule has 1 N–H and O–H groups in total. The van der Waals surface area contributed by atoms with Crippen LogP contribution in [0.2, 0.25) is 0 Å². The van der Waals surface area contributed by atoms with Gasteiger partial charge in [0.25, 0.3) is 0 Å². The number of rotatable bonds is 4. The lowest BCUT2D eigenvalue weighted by Gasteiger charge is -2.38. The number of benzene rings is 1. The molecule has 4 heteroatoms. The minimum atomic E-state index is -0.446. The number of hydrogen-bond acceptors (Lipinski definition) is 3. The number of nitriles is 1. The van der Waals surface area contributed by atoms with Crippen LogP contribution >= 0.6 is 0 Å². The number of likely N-dealkylation sites (tertiary alicyclic amines) is 1. The third-order valence-electron chi connectivity index (χ3n) is 4.23. The second kappa shape index (κ2) is 6.34. The van der Waals surface area contributed by atoms with Crippen molar-refractivity contribution in [1.82, 2.24) is 10.2 Å². The molecule has 1 heterocycles. The first-order valence-electron chi connectivity index (χ1n) is 7.10. The zero-order chi connectivity index (χ0) is 14.6. The van der Waals surface area contributed by atoms with Crippen LogP contribution in [-0.4, -0.2) is 31.6 Å². The van der Waals surface area contributed by atoms with Crippen molar-refractivity contribution in [1.29, 1.82) is 5.26 Å². The molecule has 20 heavy (non-hydrogen) atoms. The minimum absolute atomic E-state index is 0.120. The molecule has 2 rings (SSSR count). The lowest BCUT2D eigenvalue weighted by atomic mass is 9.80. The Morgan fingerprint density at radius 2 is 2.10 bits per heavy atom. The fraction of sp³-hybridized carbons (Fsp3) is 0.562. The highest BCUT2D eigenvalue weighted by Crippen LogP contribution is 2.29. The predicted molar refractivity (Wildman–Crippen MR) is 77.7 cm³/mol. The summed E-state index contributed by atoms with van der Waals surface area (Å²) in [6.45, 7) is 6.25. The van der Waals surface area contributed by atoms with Gasteiger partial charge in [-0.15, -0.1) is 0 Å². The predicted octanol–water partition coefficient (Wildman–Crippen LogP) is 2.52. The number of piperidine rings is 1. The summed E-state index contributed by atoms with van der Waals surface area (Å²) in [4.78, 5) is 2.36. The quantitative estimate of drug-likeness (QED) is 0.917. The Labute approximate surface area is 120 Å². The monoisotopic (exact) mass is 275 g/mol. The smallest absolute Gasteiger partial charge is 0.140 e. The number of halogens is 1. The Morgan fingerprint density at radius 1 is 1.40 bits per heavy atom. The molecule has 0 unspecified atom stereocenters. The fourth-order valence-electron chi connectivity index (χ4n) is 2.61. The molecule has 3 nitrogen and oxygen atoms in total. The molecule has 0 aliphatic carbocycles. The fourth-order valence-corrected chi connectivity index (χ4v) is 2.61. The molecule has 0 saturated carbocycles. The van der Waals surface area contributed by atoms with Gasteiger partial charge in [0.1, 0.15) is 11.9 Å². The molecule has 0 spiro atoms. The van der Waals surface area contributed by atoms with E-state index in [0.29, 0.717) is 12.0 Å². The Bertz CT molecular complexity index is 499. The molecule has 1 aromatic carbocycles. The van der Waals surface area contributed by atoms with E-state index < -0.39 is 5.82 Å². The molecule has 0 aromatic heterocycles. The van der Waals surface area contributed by atoms with Crippen LogP contribution in [0.3, 0.4) is 0 Å². The van der Waals surface area contributed by atoms with E-state index in [4.69, 9.17) is 5.26 Å². The topological polar surface area (TPSA) is 39.1 Å². The highest BCUT2D eigenvalue weighted by molar-refractivity contribution is 5.34. The lowest BCUT2D eigenvalue weighted by molar-refractivity contribution is 0.137. The SMILES string of the molecule is CN1CCC(C)(CNCc2ccc(F)c(C#N)c2)CC1. The zero-order valence-electron chi connectivity index (χ0n) is 12.2. The van der Waals surface area contributed by atoms with E-state index in [0.717, 1.165) is 25.2 Å². The normalized spacial score (nSPS) is 18.7. The van der Waals surface area contributed by atoms with Gasteiger partial charge >= 0.3 is 0 Å². The van der Waals surface area contributed by atoms with Gasteiger partial charge in [-0.05, 0) is 56.1 Å². The summed E-state index contributed by atoms with van der Waals surface area (Å²) in [5.74, 6) is -0.446. The van der Waals surface area contributed by atoms with E-state index in [9.17, 15) is 4.39 Å². The van der Waals surface area contributed by atoms with Gasteiger partial charge in [0.2, 0.25) is 0 Å². The summed E-state index contributed by atoms with van der Waals surface area (Å²) in [7, 11) is 2.16. The highest BCUT2D eigenvalue weighted by Gasteiger charge is 2.28. The van der Waals surface area contributed by atoms with Crippen molar-refractivity contribution in [2.45, 2.75) is 26.3 Å². The van der Waals surface area contributed by atoms with Crippen molar-refractivity contribution in [2.24, 2.45) is 5.41 Å². The van der Waals surface area contributed by atoms with Gasteiger partial charge in [-0.25, -0.2) is 4.39 Å². The van der Waals surface area contributed by atoms with Crippen molar-refractivity contribution < 1.29 is 4.39 Å². The molecule has 108 valence electrons. The van der Waals surface area contributed by atoms with Gasteiger partial charge in [-0.2, -0.15) is 5.26 Å². The van der Waals surface area contributed by atoms with E-state index in [-0.39, 0.29) is 5.56 Å². The van der Waals surface area contributed by atoms with Crippen LogP contribution in [-0.2, 0) is 6.54 Å². The van der Waals surface area contributed by atoms with Gasteiger partial charge in [-0.1, -0.05) is 13.0 Å². The van der Waals surface area contributed by atoms with Gasteiger partial charge < -0.3 is 10.2 Å². The molecule has 1 aromatic rings. The van der Waals surface area contributed by atoms with Crippen molar-refractivity contribution in [3.05, 3.63) is 35.1 Å². The van der Waals surface area contributed by atoms with E-state index in [2.05, 4.69) is 24.2 Å². The molecule has 1 fully saturated rings. The third-order valence-corrected chi connectivity index (χ3v) is 4.23. The van der Waals surface area contributed by atoms with Crippen LogP contribution in [0.15, 0.2) is 18.2 Å². The van der Waals surface area contributed by atoms with Crippen LogP contribution in [0.25, 0.3) is 0 Å². The first-order chi connectivity index (χ1) is 9.52. The molecule has 0 bridgehead atoms. The Balaban J connectivity index is 1.85. The summed E-state index contributed by atoms with van der Waals surface area (Å²) in [6.07, 6.45) is 2.40. The first-order valence-corrected chi connectivity index (χ1v) is 7.10. The van der Waals surface area contributed by atoms with Crippen molar-refractivity contribution in [2.75, 3.05) is 26.7 Å².